The van der Waals surface area contributed by atoms with Gasteiger partial charge in [-0.25, -0.2) is 4.79 Å². The van der Waals surface area contributed by atoms with Crippen molar-refractivity contribution in [3.63, 3.8) is 0 Å². The third-order valence-electron chi connectivity index (χ3n) is 4.21. The molecule has 3 aliphatic heterocycles. The minimum absolute atomic E-state index is 0.136. The molecule has 0 radical (unpaired) electrons. The lowest BCUT2D eigenvalue weighted by Gasteiger charge is -2.45. The average Bonchev–Trinajstić information content (AvgIpc) is 2.81. The van der Waals surface area contributed by atoms with Gasteiger partial charge in [-0.2, -0.15) is 0 Å². The second kappa shape index (κ2) is 5.16. The zero-order chi connectivity index (χ0) is 14.3. The highest BCUT2D eigenvalue weighted by atomic mass is 16.6. The number of hydrogen-bond donors (Lipinski definition) is 1. The van der Waals surface area contributed by atoms with E-state index in [-0.39, 0.29) is 12.2 Å². The number of nitrogens with zero attached hydrogens (tertiary/aromatic N) is 2. The van der Waals surface area contributed by atoms with Gasteiger partial charge in [0, 0.05) is 32.2 Å². The summed E-state index contributed by atoms with van der Waals surface area (Å²) in [7, 11) is 0. The minimum Gasteiger partial charge on any atom is -0.444 e. The lowest BCUT2D eigenvalue weighted by atomic mass is 10.0. The Morgan fingerprint density at radius 3 is 2.90 bits per heavy atom. The smallest absolute Gasteiger partial charge is 0.410 e. The standard InChI is InChI=1S/C14H25N3O3/c1-14(2,3)20-13(18)16-7-11-12(8-16)19-9-10-6-15-4-5-17(10)11/h10-12,15H,4-9H2,1-3H3/t10?,11-,12+/m0/s1. The van der Waals surface area contributed by atoms with Crippen LogP contribution >= 0.6 is 0 Å². The SMILES string of the molecule is CC(C)(C)OC(=O)N1C[C@H]2OCC3CNCCN3[C@H]2C1. The number of fused-ring (bicyclic) bond motifs is 3. The molecule has 0 bridgehead atoms. The highest BCUT2D eigenvalue weighted by Crippen LogP contribution is 2.27. The molecule has 3 atom stereocenters. The highest BCUT2D eigenvalue weighted by molar-refractivity contribution is 5.68. The van der Waals surface area contributed by atoms with Gasteiger partial charge in [-0.1, -0.05) is 0 Å². The molecule has 1 unspecified atom stereocenters. The van der Waals surface area contributed by atoms with Gasteiger partial charge in [-0.15, -0.1) is 0 Å². The molecular formula is C14H25N3O3. The summed E-state index contributed by atoms with van der Waals surface area (Å²) >= 11 is 0. The second-order valence-electron chi connectivity index (χ2n) is 6.92. The summed E-state index contributed by atoms with van der Waals surface area (Å²) in [6, 6.07) is 0.770. The molecule has 0 aromatic carbocycles. The van der Waals surface area contributed by atoms with Crippen LogP contribution in [0.4, 0.5) is 4.79 Å². The summed E-state index contributed by atoms with van der Waals surface area (Å²) in [5, 5.41) is 3.40. The second-order valence-corrected chi connectivity index (χ2v) is 6.92. The van der Waals surface area contributed by atoms with Crippen molar-refractivity contribution in [1.29, 1.82) is 0 Å². The zero-order valence-corrected chi connectivity index (χ0v) is 12.6. The minimum atomic E-state index is -0.441. The average molecular weight is 283 g/mol. The number of rotatable bonds is 0. The molecule has 114 valence electrons. The maximum atomic E-state index is 12.2. The number of carbonyl (C=O) groups excluding carboxylic acids is 1. The Morgan fingerprint density at radius 1 is 1.35 bits per heavy atom. The van der Waals surface area contributed by atoms with Crippen molar-refractivity contribution < 1.29 is 14.3 Å². The van der Waals surface area contributed by atoms with Crippen LogP contribution in [0.2, 0.25) is 0 Å². The summed E-state index contributed by atoms with van der Waals surface area (Å²) < 4.78 is 11.4. The quantitative estimate of drug-likeness (QED) is 0.692. The monoisotopic (exact) mass is 283 g/mol. The summed E-state index contributed by atoms with van der Waals surface area (Å²) in [4.78, 5) is 16.5. The van der Waals surface area contributed by atoms with Crippen molar-refractivity contribution in [2.75, 3.05) is 39.3 Å². The number of piperazine rings is 1. The third kappa shape index (κ3) is 2.77. The lowest BCUT2D eigenvalue weighted by Crippen LogP contribution is -2.63. The molecule has 0 aromatic heterocycles. The van der Waals surface area contributed by atoms with Crippen LogP contribution < -0.4 is 5.32 Å². The Labute approximate surface area is 120 Å². The molecule has 3 heterocycles. The molecule has 0 aromatic rings. The van der Waals surface area contributed by atoms with E-state index in [9.17, 15) is 4.79 Å². The van der Waals surface area contributed by atoms with Crippen LogP contribution in [-0.4, -0.2) is 79.0 Å². The molecule has 0 spiro atoms. The van der Waals surface area contributed by atoms with E-state index >= 15 is 0 Å². The molecular weight excluding hydrogens is 258 g/mol. The number of ether oxygens (including phenoxy) is 2. The van der Waals surface area contributed by atoms with E-state index in [0.717, 1.165) is 32.8 Å². The van der Waals surface area contributed by atoms with Crippen LogP contribution in [0.3, 0.4) is 0 Å². The maximum absolute atomic E-state index is 12.2. The predicted octanol–water partition coefficient (Wildman–Crippen LogP) is 0.278. The van der Waals surface area contributed by atoms with Crippen molar-refractivity contribution in [2.24, 2.45) is 0 Å². The van der Waals surface area contributed by atoms with Gasteiger partial charge in [0.05, 0.1) is 25.3 Å². The van der Waals surface area contributed by atoms with Gasteiger partial charge in [0.2, 0.25) is 0 Å². The fraction of sp³-hybridized carbons (Fsp3) is 0.929. The number of likely N-dealkylation sites (tertiary alicyclic amines) is 1. The van der Waals surface area contributed by atoms with E-state index in [2.05, 4.69) is 10.2 Å². The Kier molecular flexibility index (Phi) is 3.64. The summed E-state index contributed by atoms with van der Waals surface area (Å²) in [5.41, 5.74) is -0.441. The van der Waals surface area contributed by atoms with E-state index < -0.39 is 5.60 Å². The summed E-state index contributed by atoms with van der Waals surface area (Å²) in [5.74, 6) is 0. The van der Waals surface area contributed by atoms with Crippen molar-refractivity contribution in [2.45, 2.75) is 44.6 Å². The van der Waals surface area contributed by atoms with Crippen molar-refractivity contribution in [1.82, 2.24) is 15.1 Å². The van der Waals surface area contributed by atoms with Crippen LogP contribution in [0.1, 0.15) is 20.8 Å². The fourth-order valence-corrected chi connectivity index (χ4v) is 3.32. The van der Waals surface area contributed by atoms with Gasteiger partial charge in [0.15, 0.2) is 0 Å². The number of amides is 1. The van der Waals surface area contributed by atoms with E-state index in [1.54, 1.807) is 4.90 Å². The Morgan fingerprint density at radius 2 is 2.15 bits per heavy atom. The first kappa shape index (κ1) is 14.1. The molecule has 6 nitrogen and oxygen atoms in total. The van der Waals surface area contributed by atoms with E-state index in [4.69, 9.17) is 9.47 Å². The van der Waals surface area contributed by atoms with Crippen LogP contribution in [0.5, 0.6) is 0 Å². The summed E-state index contributed by atoms with van der Waals surface area (Å²) in [6.07, 6.45) is -0.0842. The largest absolute Gasteiger partial charge is 0.444 e. The molecule has 3 rings (SSSR count). The normalized spacial score (nSPS) is 34.5. The zero-order valence-electron chi connectivity index (χ0n) is 12.6. The van der Waals surface area contributed by atoms with Crippen molar-refractivity contribution in [3.8, 4) is 0 Å². The Hall–Kier alpha value is -0.850. The van der Waals surface area contributed by atoms with Gasteiger partial charge >= 0.3 is 6.09 Å². The van der Waals surface area contributed by atoms with Crippen LogP contribution in [-0.2, 0) is 9.47 Å². The Bertz CT molecular complexity index is 382. The maximum Gasteiger partial charge on any atom is 0.410 e. The lowest BCUT2D eigenvalue weighted by molar-refractivity contribution is -0.0890. The highest BCUT2D eigenvalue weighted by Gasteiger charge is 2.46. The predicted molar refractivity (Wildman–Crippen MR) is 74.7 cm³/mol. The Balaban J connectivity index is 1.64. The molecule has 1 N–H and O–H groups in total. The molecule has 3 fully saturated rings. The number of carbonyl (C=O) groups is 1. The van der Waals surface area contributed by atoms with E-state index in [1.807, 2.05) is 20.8 Å². The molecule has 1 amide bonds. The first-order valence-corrected chi connectivity index (χ1v) is 7.50. The molecule has 0 aliphatic carbocycles. The van der Waals surface area contributed by atoms with Gasteiger partial charge < -0.3 is 19.7 Å². The van der Waals surface area contributed by atoms with E-state index in [1.165, 1.54) is 0 Å². The van der Waals surface area contributed by atoms with Gasteiger partial charge in [0.25, 0.3) is 0 Å². The van der Waals surface area contributed by atoms with Crippen molar-refractivity contribution in [3.05, 3.63) is 0 Å². The molecule has 0 saturated carbocycles. The van der Waals surface area contributed by atoms with E-state index in [0.29, 0.717) is 18.6 Å². The number of nitrogens with one attached hydrogen (secondary N) is 1. The van der Waals surface area contributed by atoms with Gasteiger partial charge in [0.1, 0.15) is 5.60 Å². The number of hydrogen-bond acceptors (Lipinski definition) is 5. The molecule has 6 heteroatoms. The third-order valence-corrected chi connectivity index (χ3v) is 4.21. The molecule has 3 saturated heterocycles. The first-order valence-electron chi connectivity index (χ1n) is 7.50. The topological polar surface area (TPSA) is 54.0 Å². The van der Waals surface area contributed by atoms with Gasteiger partial charge in [-0.05, 0) is 20.8 Å². The first-order chi connectivity index (χ1) is 9.44. The van der Waals surface area contributed by atoms with Crippen LogP contribution in [0.25, 0.3) is 0 Å². The van der Waals surface area contributed by atoms with Crippen LogP contribution in [0, 0.1) is 0 Å². The van der Waals surface area contributed by atoms with Crippen molar-refractivity contribution >= 4 is 6.09 Å². The fourth-order valence-electron chi connectivity index (χ4n) is 3.32. The van der Waals surface area contributed by atoms with Crippen LogP contribution in [0.15, 0.2) is 0 Å². The summed E-state index contributed by atoms with van der Waals surface area (Å²) in [6.45, 7) is 10.9. The number of morpholine rings is 1. The molecule has 20 heavy (non-hydrogen) atoms. The van der Waals surface area contributed by atoms with Gasteiger partial charge in [-0.3, -0.25) is 4.90 Å². The molecule has 3 aliphatic rings.